The maximum Gasteiger partial charge on any atom is 0.196 e. The molecule has 2 aromatic rings. The van der Waals surface area contributed by atoms with E-state index in [0.29, 0.717) is 6.42 Å². The summed E-state index contributed by atoms with van der Waals surface area (Å²) in [5.41, 5.74) is -1.85. The van der Waals surface area contributed by atoms with Crippen molar-refractivity contribution < 1.29 is 0 Å². The van der Waals surface area contributed by atoms with E-state index in [4.69, 9.17) is 5.41 Å². The molecule has 1 N–H and O–H groups in total. The van der Waals surface area contributed by atoms with Gasteiger partial charge in [-0.3, -0.25) is 0 Å². The molecule has 0 amide bonds. The lowest BCUT2D eigenvalue weighted by Crippen LogP contribution is -2.50. The Kier molecular flexibility index (Phi) is 3.85. The molecule has 0 saturated carbocycles. The number of hydrogen-bond donors (Lipinski definition) is 1. The van der Waals surface area contributed by atoms with Gasteiger partial charge in [0.2, 0.25) is 0 Å². The molecule has 2 heterocycles. The molecule has 1 aliphatic rings. The summed E-state index contributed by atoms with van der Waals surface area (Å²) in [7, 11) is 0. The molecular formula is C18H12N4S2. The highest BCUT2D eigenvalue weighted by Gasteiger charge is 2.58. The number of thiophene rings is 2. The smallest absolute Gasteiger partial charge is 0.196 e. The van der Waals surface area contributed by atoms with Crippen LogP contribution in [0.3, 0.4) is 0 Å². The molecule has 0 bridgehead atoms. The highest BCUT2D eigenvalue weighted by atomic mass is 32.1. The van der Waals surface area contributed by atoms with Gasteiger partial charge in [-0.2, -0.15) is 15.8 Å². The molecule has 6 heteroatoms. The number of nitriles is 3. The van der Waals surface area contributed by atoms with Gasteiger partial charge in [-0.25, -0.2) is 0 Å². The Morgan fingerprint density at radius 3 is 2.25 bits per heavy atom. The molecule has 4 nitrogen and oxygen atoms in total. The van der Waals surface area contributed by atoms with Crippen LogP contribution >= 0.6 is 22.7 Å². The largest absolute Gasteiger partial charge is 0.301 e. The normalized spacial score (nSPS) is 22.5. The summed E-state index contributed by atoms with van der Waals surface area (Å²) < 4.78 is 0. The molecule has 0 fully saturated rings. The number of rotatable bonds is 2. The van der Waals surface area contributed by atoms with Crippen molar-refractivity contribution in [3.63, 3.8) is 0 Å². The Labute approximate surface area is 148 Å². The third-order valence-corrected chi connectivity index (χ3v) is 6.68. The Morgan fingerprint density at radius 1 is 1.08 bits per heavy atom. The Hall–Kier alpha value is -2.72. The zero-order valence-electron chi connectivity index (χ0n) is 12.8. The van der Waals surface area contributed by atoms with Crippen molar-refractivity contribution in [2.75, 3.05) is 0 Å². The summed E-state index contributed by atoms with van der Waals surface area (Å²) in [5.74, 6) is 0. The van der Waals surface area contributed by atoms with Crippen LogP contribution in [-0.2, 0) is 5.41 Å². The fourth-order valence-corrected chi connectivity index (χ4v) is 4.94. The van der Waals surface area contributed by atoms with Gasteiger partial charge in [0.05, 0.1) is 23.4 Å². The average molecular weight is 348 g/mol. The van der Waals surface area contributed by atoms with Crippen LogP contribution in [0.4, 0.5) is 0 Å². The lowest BCUT2D eigenvalue weighted by atomic mass is 9.55. The molecule has 0 spiro atoms. The van der Waals surface area contributed by atoms with E-state index in [9.17, 15) is 15.8 Å². The van der Waals surface area contributed by atoms with Gasteiger partial charge in [0.25, 0.3) is 0 Å². The van der Waals surface area contributed by atoms with Crippen molar-refractivity contribution in [1.82, 2.24) is 0 Å². The average Bonchev–Trinajstić information content (AvgIpc) is 3.29. The maximum atomic E-state index is 9.84. The minimum absolute atomic E-state index is 0.148. The summed E-state index contributed by atoms with van der Waals surface area (Å²) in [6.07, 6.45) is 0.375. The summed E-state index contributed by atoms with van der Waals surface area (Å²) in [6.45, 7) is 1.85. The first-order valence-electron chi connectivity index (χ1n) is 7.17. The SMILES string of the molecule is CC1(c2cccs2)CC(c2cccs2)=C(C#N)C(=N)C1(C#N)C#N. The predicted octanol–water partition coefficient (Wildman–Crippen LogP) is 4.50. The molecule has 0 saturated heterocycles. The topological polar surface area (TPSA) is 95.2 Å². The monoisotopic (exact) mass is 348 g/mol. The third kappa shape index (κ3) is 1.96. The van der Waals surface area contributed by atoms with Crippen LogP contribution in [0.15, 0.2) is 40.6 Å². The van der Waals surface area contributed by atoms with Crippen LogP contribution in [0.2, 0.25) is 0 Å². The fourth-order valence-electron chi connectivity index (χ4n) is 3.22. The molecule has 2 aromatic heterocycles. The second-order valence-electron chi connectivity index (χ2n) is 5.78. The quantitative estimate of drug-likeness (QED) is 0.865. The predicted molar refractivity (Wildman–Crippen MR) is 94.5 cm³/mol. The van der Waals surface area contributed by atoms with Gasteiger partial charge in [0.1, 0.15) is 6.07 Å². The van der Waals surface area contributed by atoms with Crippen molar-refractivity contribution in [1.29, 1.82) is 21.2 Å². The molecule has 1 aliphatic carbocycles. The van der Waals surface area contributed by atoms with E-state index in [2.05, 4.69) is 18.2 Å². The van der Waals surface area contributed by atoms with E-state index in [1.54, 1.807) is 0 Å². The van der Waals surface area contributed by atoms with E-state index in [0.717, 1.165) is 15.3 Å². The molecule has 1 atom stereocenters. The molecule has 0 aliphatic heterocycles. The Balaban J connectivity index is 2.35. The van der Waals surface area contributed by atoms with E-state index in [-0.39, 0.29) is 11.3 Å². The van der Waals surface area contributed by atoms with Gasteiger partial charge < -0.3 is 5.41 Å². The van der Waals surface area contributed by atoms with Gasteiger partial charge in [-0.1, -0.05) is 19.1 Å². The van der Waals surface area contributed by atoms with Crippen molar-refractivity contribution in [3.05, 3.63) is 50.4 Å². The second kappa shape index (κ2) is 5.73. The fraction of sp³-hybridized carbons (Fsp3) is 0.222. The zero-order valence-corrected chi connectivity index (χ0v) is 14.5. The number of nitrogens with zero attached hydrogens (tertiary/aromatic N) is 3. The number of nitrogens with one attached hydrogen (secondary N) is 1. The van der Waals surface area contributed by atoms with Crippen LogP contribution < -0.4 is 0 Å². The molecule has 116 valence electrons. The van der Waals surface area contributed by atoms with Crippen molar-refractivity contribution in [2.24, 2.45) is 5.41 Å². The highest BCUT2D eigenvalue weighted by molar-refractivity contribution is 7.11. The number of hydrogen-bond acceptors (Lipinski definition) is 6. The van der Waals surface area contributed by atoms with Gasteiger partial charge in [-0.05, 0) is 34.9 Å². The van der Waals surface area contributed by atoms with Gasteiger partial charge in [-0.15, -0.1) is 22.7 Å². The number of allylic oxidation sites excluding steroid dienone is 2. The lowest BCUT2D eigenvalue weighted by molar-refractivity contribution is 0.364. The maximum absolute atomic E-state index is 9.84. The van der Waals surface area contributed by atoms with Crippen LogP contribution in [0.1, 0.15) is 23.1 Å². The zero-order chi connectivity index (χ0) is 17.4. The Bertz CT molecular complexity index is 932. The molecular weight excluding hydrogens is 336 g/mol. The minimum atomic E-state index is -1.68. The van der Waals surface area contributed by atoms with Gasteiger partial charge >= 0.3 is 0 Å². The summed E-state index contributed by atoms with van der Waals surface area (Å²) >= 11 is 2.97. The molecule has 24 heavy (non-hydrogen) atoms. The van der Waals surface area contributed by atoms with Crippen LogP contribution in [0.5, 0.6) is 0 Å². The Morgan fingerprint density at radius 2 is 1.75 bits per heavy atom. The van der Waals surface area contributed by atoms with E-state index in [1.165, 1.54) is 22.7 Å². The molecule has 0 radical (unpaired) electrons. The van der Waals surface area contributed by atoms with Crippen LogP contribution in [0.25, 0.3) is 5.57 Å². The first-order valence-corrected chi connectivity index (χ1v) is 8.93. The first kappa shape index (κ1) is 16.1. The second-order valence-corrected chi connectivity index (χ2v) is 7.67. The minimum Gasteiger partial charge on any atom is -0.301 e. The van der Waals surface area contributed by atoms with E-state index >= 15 is 0 Å². The standard InChI is InChI=1S/C18H12N4S2/c1-17(15-5-3-7-24-15)8-12(14-4-2-6-23-14)13(9-19)16(22)18(17,10-20)11-21/h2-7,22H,8H2,1H3. The molecule has 1 unspecified atom stereocenters. The van der Waals surface area contributed by atoms with Crippen molar-refractivity contribution in [3.8, 4) is 18.2 Å². The lowest BCUT2D eigenvalue weighted by Gasteiger charge is -2.43. The van der Waals surface area contributed by atoms with Crippen LogP contribution in [0, 0.1) is 44.8 Å². The molecule has 3 rings (SSSR count). The van der Waals surface area contributed by atoms with Gasteiger partial charge in [0.15, 0.2) is 5.41 Å². The summed E-state index contributed by atoms with van der Waals surface area (Å²) in [5, 5.41) is 41.6. The molecule has 0 aromatic carbocycles. The van der Waals surface area contributed by atoms with Crippen LogP contribution in [-0.4, -0.2) is 5.71 Å². The highest BCUT2D eigenvalue weighted by Crippen LogP contribution is 2.55. The summed E-state index contributed by atoms with van der Waals surface area (Å²) in [6, 6.07) is 13.8. The van der Waals surface area contributed by atoms with Gasteiger partial charge in [0, 0.05) is 15.2 Å². The van der Waals surface area contributed by atoms with E-state index in [1.807, 2.05) is 41.9 Å². The van der Waals surface area contributed by atoms with Crippen molar-refractivity contribution in [2.45, 2.75) is 18.8 Å². The van der Waals surface area contributed by atoms with E-state index < -0.39 is 10.8 Å². The third-order valence-electron chi connectivity index (χ3n) is 4.62. The van der Waals surface area contributed by atoms with Crippen molar-refractivity contribution >= 4 is 34.0 Å². The summed E-state index contributed by atoms with van der Waals surface area (Å²) in [4.78, 5) is 1.78. The first-order chi connectivity index (χ1) is 11.5.